The smallest absolute Gasteiger partial charge is 0.251 e. The molecule has 0 bridgehead atoms. The molecule has 18 heavy (non-hydrogen) atoms. The Balaban J connectivity index is 4.44. The summed E-state index contributed by atoms with van der Waals surface area (Å²) in [5.74, 6) is 0.577. The zero-order valence-electron chi connectivity index (χ0n) is 12.9. The van der Waals surface area contributed by atoms with E-state index in [1.54, 1.807) is 7.11 Å². The van der Waals surface area contributed by atoms with Gasteiger partial charge in [0, 0.05) is 26.7 Å². The Kier molecular flexibility index (Phi) is 9.02. The Bertz CT molecular complexity index is 228. The minimum absolute atomic E-state index is 0.0957. The fourth-order valence-corrected chi connectivity index (χ4v) is 1.89. The highest BCUT2D eigenvalue weighted by Crippen LogP contribution is 2.04. The van der Waals surface area contributed by atoms with Gasteiger partial charge < -0.3 is 14.5 Å². The molecular formula is C14H30N2O2. The summed E-state index contributed by atoms with van der Waals surface area (Å²) in [6.45, 7) is 14.9. The van der Waals surface area contributed by atoms with Crippen molar-refractivity contribution in [2.75, 3.05) is 39.8 Å². The lowest BCUT2D eigenvalue weighted by Gasteiger charge is -2.29. The summed E-state index contributed by atoms with van der Waals surface area (Å²) in [6, 6.07) is 0. The van der Waals surface area contributed by atoms with Crippen molar-refractivity contribution in [1.29, 1.82) is 0 Å². The normalized spacial score (nSPS) is 13.1. The quantitative estimate of drug-likeness (QED) is 0.633. The third kappa shape index (κ3) is 6.36. The third-order valence-electron chi connectivity index (χ3n) is 3.18. The molecule has 1 unspecified atom stereocenters. The van der Waals surface area contributed by atoms with Gasteiger partial charge in [0.05, 0.1) is 0 Å². The molecule has 4 nitrogen and oxygen atoms in total. The van der Waals surface area contributed by atoms with Gasteiger partial charge in [-0.05, 0) is 25.9 Å². The highest BCUT2D eigenvalue weighted by Gasteiger charge is 2.21. The van der Waals surface area contributed by atoms with Crippen molar-refractivity contribution in [2.45, 2.75) is 40.7 Å². The van der Waals surface area contributed by atoms with Crippen molar-refractivity contribution in [2.24, 2.45) is 5.92 Å². The van der Waals surface area contributed by atoms with Crippen LogP contribution < -0.4 is 0 Å². The first-order chi connectivity index (χ1) is 8.46. The van der Waals surface area contributed by atoms with Crippen molar-refractivity contribution in [3.63, 3.8) is 0 Å². The number of nitrogens with zero attached hydrogens (tertiary/aromatic N) is 2. The molecule has 0 aliphatic rings. The summed E-state index contributed by atoms with van der Waals surface area (Å²) >= 11 is 0. The lowest BCUT2D eigenvalue weighted by atomic mass is 10.2. The number of hydrogen-bond acceptors (Lipinski definition) is 3. The second-order valence-corrected chi connectivity index (χ2v) is 5.08. The number of carbonyl (C=O) groups is 1. The van der Waals surface area contributed by atoms with Crippen molar-refractivity contribution >= 4 is 5.91 Å². The van der Waals surface area contributed by atoms with E-state index in [-0.39, 0.29) is 12.0 Å². The first-order valence-corrected chi connectivity index (χ1v) is 7.00. The van der Waals surface area contributed by atoms with Crippen LogP contribution in [0.2, 0.25) is 0 Å². The molecule has 1 amide bonds. The van der Waals surface area contributed by atoms with E-state index in [1.165, 1.54) is 0 Å². The van der Waals surface area contributed by atoms with E-state index in [2.05, 4.69) is 32.6 Å². The first-order valence-electron chi connectivity index (χ1n) is 7.00. The SMILES string of the molecule is CCN(CC)CCN(CC(C)C)C(=O)C(C)OC. The molecule has 0 radical (unpaired) electrons. The molecule has 0 aromatic rings. The van der Waals surface area contributed by atoms with Crippen LogP contribution >= 0.6 is 0 Å². The molecule has 0 saturated heterocycles. The monoisotopic (exact) mass is 258 g/mol. The topological polar surface area (TPSA) is 32.8 Å². The molecule has 0 rings (SSSR count). The maximum absolute atomic E-state index is 12.2. The molecule has 4 heteroatoms. The highest BCUT2D eigenvalue weighted by molar-refractivity contribution is 5.80. The number of hydrogen-bond donors (Lipinski definition) is 0. The number of carbonyl (C=O) groups excluding carboxylic acids is 1. The number of likely N-dealkylation sites (N-methyl/N-ethyl adjacent to an activating group) is 1. The molecule has 0 aliphatic carbocycles. The predicted octanol–water partition coefficient (Wildman–Crippen LogP) is 1.85. The Labute approximate surface area is 112 Å². The Morgan fingerprint density at radius 3 is 2.06 bits per heavy atom. The lowest BCUT2D eigenvalue weighted by Crippen LogP contribution is -2.44. The van der Waals surface area contributed by atoms with Gasteiger partial charge in [-0.15, -0.1) is 0 Å². The average Bonchev–Trinajstić information content (AvgIpc) is 2.36. The Hall–Kier alpha value is -0.610. The third-order valence-corrected chi connectivity index (χ3v) is 3.18. The molecule has 1 atom stereocenters. The van der Waals surface area contributed by atoms with E-state index in [4.69, 9.17) is 4.74 Å². The Morgan fingerprint density at radius 1 is 1.11 bits per heavy atom. The predicted molar refractivity (Wildman–Crippen MR) is 75.7 cm³/mol. The van der Waals surface area contributed by atoms with E-state index in [1.807, 2.05) is 11.8 Å². The number of amides is 1. The standard InChI is InChI=1S/C14H30N2O2/c1-7-15(8-2)9-10-16(11-12(3)4)14(17)13(5)18-6/h12-13H,7-11H2,1-6H3. The molecule has 0 saturated carbocycles. The van der Waals surface area contributed by atoms with E-state index < -0.39 is 0 Å². The minimum Gasteiger partial charge on any atom is -0.372 e. The van der Waals surface area contributed by atoms with Gasteiger partial charge in [-0.3, -0.25) is 4.79 Å². The summed E-state index contributed by atoms with van der Waals surface area (Å²) < 4.78 is 5.13. The van der Waals surface area contributed by atoms with Gasteiger partial charge in [0.1, 0.15) is 6.10 Å². The number of rotatable bonds is 9. The molecule has 0 N–H and O–H groups in total. The summed E-state index contributed by atoms with van der Waals surface area (Å²) in [7, 11) is 1.58. The fourth-order valence-electron chi connectivity index (χ4n) is 1.89. The van der Waals surface area contributed by atoms with E-state index >= 15 is 0 Å². The van der Waals surface area contributed by atoms with Crippen LogP contribution in [-0.2, 0) is 9.53 Å². The van der Waals surface area contributed by atoms with Gasteiger partial charge in [-0.1, -0.05) is 27.7 Å². The summed E-state index contributed by atoms with van der Waals surface area (Å²) in [5, 5.41) is 0. The van der Waals surface area contributed by atoms with Crippen molar-refractivity contribution < 1.29 is 9.53 Å². The Morgan fingerprint density at radius 2 is 1.67 bits per heavy atom. The van der Waals surface area contributed by atoms with Crippen LogP contribution in [0, 0.1) is 5.92 Å². The molecule has 0 heterocycles. The summed E-state index contributed by atoms with van der Waals surface area (Å²) in [4.78, 5) is 16.4. The van der Waals surface area contributed by atoms with Crippen LogP contribution in [0.25, 0.3) is 0 Å². The fraction of sp³-hybridized carbons (Fsp3) is 0.929. The molecule has 0 aromatic heterocycles. The van der Waals surface area contributed by atoms with Crippen LogP contribution in [-0.4, -0.2) is 61.6 Å². The van der Waals surface area contributed by atoms with Gasteiger partial charge in [0.15, 0.2) is 0 Å². The molecular weight excluding hydrogens is 228 g/mol. The van der Waals surface area contributed by atoms with Crippen molar-refractivity contribution in [3.05, 3.63) is 0 Å². The van der Waals surface area contributed by atoms with Crippen LogP contribution in [0.4, 0.5) is 0 Å². The summed E-state index contributed by atoms with van der Waals surface area (Å²) in [6.07, 6.45) is -0.347. The van der Waals surface area contributed by atoms with Gasteiger partial charge in [-0.25, -0.2) is 0 Å². The van der Waals surface area contributed by atoms with Crippen molar-refractivity contribution in [1.82, 2.24) is 9.80 Å². The maximum atomic E-state index is 12.2. The second kappa shape index (κ2) is 9.34. The maximum Gasteiger partial charge on any atom is 0.251 e. The zero-order chi connectivity index (χ0) is 14.1. The van der Waals surface area contributed by atoms with E-state index in [9.17, 15) is 4.79 Å². The minimum atomic E-state index is -0.347. The van der Waals surface area contributed by atoms with Crippen molar-refractivity contribution in [3.8, 4) is 0 Å². The van der Waals surface area contributed by atoms with Gasteiger partial charge in [0.25, 0.3) is 5.91 Å². The average molecular weight is 258 g/mol. The molecule has 0 spiro atoms. The number of ether oxygens (including phenoxy) is 1. The van der Waals surface area contributed by atoms with Crippen LogP contribution in [0.3, 0.4) is 0 Å². The highest BCUT2D eigenvalue weighted by atomic mass is 16.5. The lowest BCUT2D eigenvalue weighted by molar-refractivity contribution is -0.141. The zero-order valence-corrected chi connectivity index (χ0v) is 12.9. The van der Waals surface area contributed by atoms with Crippen LogP contribution in [0.15, 0.2) is 0 Å². The van der Waals surface area contributed by atoms with Gasteiger partial charge >= 0.3 is 0 Å². The van der Waals surface area contributed by atoms with Crippen LogP contribution in [0.1, 0.15) is 34.6 Å². The molecule has 0 aliphatic heterocycles. The largest absolute Gasteiger partial charge is 0.372 e. The summed E-state index contributed by atoms with van der Waals surface area (Å²) in [5.41, 5.74) is 0. The molecule has 0 fully saturated rings. The number of methoxy groups -OCH3 is 1. The molecule has 108 valence electrons. The van der Waals surface area contributed by atoms with Gasteiger partial charge in [0.2, 0.25) is 0 Å². The van der Waals surface area contributed by atoms with E-state index in [0.717, 1.165) is 32.7 Å². The first kappa shape index (κ1) is 17.4. The van der Waals surface area contributed by atoms with E-state index in [0.29, 0.717) is 5.92 Å². The van der Waals surface area contributed by atoms with Gasteiger partial charge in [-0.2, -0.15) is 0 Å². The second-order valence-electron chi connectivity index (χ2n) is 5.08. The molecule has 0 aromatic carbocycles. The van der Waals surface area contributed by atoms with Crippen LogP contribution in [0.5, 0.6) is 0 Å².